The molecule has 1 amide bonds. The molecular formula is C29H31NO8. The van der Waals surface area contributed by atoms with E-state index in [2.05, 4.69) is 0 Å². The van der Waals surface area contributed by atoms with Gasteiger partial charge in [0.05, 0.1) is 32.8 Å². The van der Waals surface area contributed by atoms with Gasteiger partial charge in [0.1, 0.15) is 23.4 Å². The zero-order valence-electron chi connectivity index (χ0n) is 21.8. The van der Waals surface area contributed by atoms with E-state index in [1.165, 1.54) is 32.3 Å². The molecule has 9 nitrogen and oxygen atoms in total. The van der Waals surface area contributed by atoms with E-state index in [4.69, 9.17) is 18.9 Å². The average Bonchev–Trinajstić information content (AvgIpc) is 3.30. The average molecular weight is 522 g/mol. The Kier molecular flexibility index (Phi) is 6.16. The Labute approximate surface area is 220 Å². The Morgan fingerprint density at radius 2 is 1.63 bits per heavy atom. The van der Waals surface area contributed by atoms with Crippen LogP contribution < -0.4 is 18.9 Å². The summed E-state index contributed by atoms with van der Waals surface area (Å²) in [5.41, 5.74) is -2.72. The Morgan fingerprint density at radius 1 is 0.947 bits per heavy atom. The second kappa shape index (κ2) is 9.11. The lowest BCUT2D eigenvalue weighted by atomic mass is 9.70. The number of ether oxygens (including phenoxy) is 4. The number of amides is 1. The van der Waals surface area contributed by atoms with Crippen LogP contribution >= 0.6 is 0 Å². The Morgan fingerprint density at radius 3 is 2.21 bits per heavy atom. The molecule has 38 heavy (non-hydrogen) atoms. The number of rotatable bonds is 6. The van der Waals surface area contributed by atoms with Crippen molar-refractivity contribution in [2.75, 3.05) is 35.4 Å². The molecule has 3 aromatic carbocycles. The van der Waals surface area contributed by atoms with Crippen LogP contribution in [0.4, 0.5) is 0 Å². The van der Waals surface area contributed by atoms with E-state index in [9.17, 15) is 20.1 Å². The van der Waals surface area contributed by atoms with Crippen LogP contribution in [0.2, 0.25) is 0 Å². The highest BCUT2D eigenvalue weighted by Crippen LogP contribution is 2.70. The fourth-order valence-corrected chi connectivity index (χ4v) is 6.16. The van der Waals surface area contributed by atoms with Crippen molar-refractivity contribution in [1.82, 2.24) is 4.90 Å². The first-order chi connectivity index (χ1) is 18.1. The molecular weight excluding hydrogens is 490 g/mol. The summed E-state index contributed by atoms with van der Waals surface area (Å²) in [5.74, 6) is -1.46. The molecule has 3 N–H and O–H groups in total. The van der Waals surface area contributed by atoms with E-state index < -0.39 is 29.1 Å². The second-order valence-electron chi connectivity index (χ2n) is 9.79. The minimum absolute atomic E-state index is 0.186. The predicted octanol–water partition coefficient (Wildman–Crippen LogP) is 2.76. The third-order valence-corrected chi connectivity index (χ3v) is 7.77. The molecule has 1 fully saturated rings. The van der Waals surface area contributed by atoms with Gasteiger partial charge in [0.25, 0.3) is 0 Å². The molecule has 0 saturated heterocycles. The van der Waals surface area contributed by atoms with Gasteiger partial charge < -0.3 is 39.2 Å². The molecule has 0 spiro atoms. The number of benzene rings is 3. The van der Waals surface area contributed by atoms with Crippen molar-refractivity contribution in [2.45, 2.75) is 23.2 Å². The SMILES string of the molecule is COc1cc(OC)c2c(c1)O[C@@]1(c3ccc(OC)c(O)c3)C(c3ccccc3)C(C(=O)N(C)C)C(O)[C@@]21O. The largest absolute Gasteiger partial charge is 0.504 e. The molecule has 0 bridgehead atoms. The fourth-order valence-electron chi connectivity index (χ4n) is 6.16. The van der Waals surface area contributed by atoms with Gasteiger partial charge in [-0.3, -0.25) is 4.79 Å². The molecule has 3 aromatic rings. The van der Waals surface area contributed by atoms with Gasteiger partial charge in [0, 0.05) is 37.7 Å². The molecule has 1 aliphatic carbocycles. The quantitative estimate of drug-likeness (QED) is 0.453. The number of hydrogen-bond acceptors (Lipinski definition) is 8. The molecule has 5 rings (SSSR count). The molecule has 5 atom stereocenters. The van der Waals surface area contributed by atoms with Crippen molar-refractivity contribution >= 4 is 5.91 Å². The summed E-state index contributed by atoms with van der Waals surface area (Å²) in [5, 5.41) is 35.6. The monoisotopic (exact) mass is 521 g/mol. The number of aliphatic hydroxyl groups is 2. The maximum atomic E-state index is 13.7. The third kappa shape index (κ3) is 3.28. The zero-order chi connectivity index (χ0) is 27.4. The minimum Gasteiger partial charge on any atom is -0.504 e. The van der Waals surface area contributed by atoms with Crippen LogP contribution in [0.15, 0.2) is 60.7 Å². The number of hydrogen-bond donors (Lipinski definition) is 3. The number of aromatic hydroxyl groups is 1. The van der Waals surface area contributed by atoms with E-state index in [1.807, 2.05) is 30.3 Å². The number of nitrogens with zero attached hydrogens (tertiary/aromatic N) is 1. The molecule has 3 unspecified atom stereocenters. The van der Waals surface area contributed by atoms with Crippen LogP contribution in [-0.2, 0) is 16.0 Å². The number of fused-ring (bicyclic) bond motifs is 3. The third-order valence-electron chi connectivity index (χ3n) is 7.77. The fraction of sp³-hybridized carbons (Fsp3) is 0.345. The molecule has 1 aliphatic heterocycles. The Balaban J connectivity index is 1.91. The molecule has 0 aromatic heterocycles. The van der Waals surface area contributed by atoms with Gasteiger partial charge in [0.2, 0.25) is 5.91 Å². The van der Waals surface area contributed by atoms with E-state index in [0.717, 1.165) is 0 Å². The molecule has 200 valence electrons. The van der Waals surface area contributed by atoms with Gasteiger partial charge in [-0.15, -0.1) is 0 Å². The maximum absolute atomic E-state index is 13.7. The van der Waals surface area contributed by atoms with Crippen LogP contribution in [0.25, 0.3) is 0 Å². The smallest absolute Gasteiger partial charge is 0.228 e. The zero-order valence-corrected chi connectivity index (χ0v) is 21.8. The van der Waals surface area contributed by atoms with Gasteiger partial charge in [-0.1, -0.05) is 36.4 Å². The summed E-state index contributed by atoms with van der Waals surface area (Å²) >= 11 is 0. The van der Waals surface area contributed by atoms with Gasteiger partial charge >= 0.3 is 0 Å². The summed E-state index contributed by atoms with van der Waals surface area (Å²) < 4.78 is 23.1. The normalized spacial score (nSPS) is 27.2. The van der Waals surface area contributed by atoms with Gasteiger partial charge in [0.15, 0.2) is 22.7 Å². The first-order valence-electron chi connectivity index (χ1n) is 12.1. The lowest BCUT2D eigenvalue weighted by Gasteiger charge is -2.41. The van der Waals surface area contributed by atoms with Gasteiger partial charge in [-0.2, -0.15) is 0 Å². The predicted molar refractivity (Wildman–Crippen MR) is 138 cm³/mol. The number of phenols is 1. The standard InChI is InChI=1S/C29H31NO8/c1-30(2)27(33)23-24(16-9-7-6-8-10-16)29(17-11-12-20(36-4)19(31)13-17)28(34,26(23)32)25-21(37-5)14-18(35-3)15-22(25)38-29/h6-15,23-24,26,31-32,34H,1-5H3/t23?,24?,26?,28-,29-/m0/s1. The van der Waals surface area contributed by atoms with E-state index >= 15 is 0 Å². The van der Waals surface area contributed by atoms with Crippen LogP contribution in [0.3, 0.4) is 0 Å². The minimum atomic E-state index is -2.17. The summed E-state index contributed by atoms with van der Waals surface area (Å²) in [6, 6.07) is 17.0. The highest BCUT2D eigenvalue weighted by molar-refractivity contribution is 5.83. The Hall–Kier alpha value is -3.95. The number of phenolic OH excluding ortho intramolecular Hbond substituents is 1. The summed E-state index contributed by atoms with van der Waals surface area (Å²) in [7, 11) is 7.56. The van der Waals surface area contributed by atoms with Crippen molar-refractivity contribution in [3.63, 3.8) is 0 Å². The molecule has 9 heteroatoms. The number of methoxy groups -OCH3 is 3. The van der Waals surface area contributed by atoms with Crippen LogP contribution in [-0.4, -0.2) is 67.7 Å². The maximum Gasteiger partial charge on any atom is 0.228 e. The molecule has 2 aliphatic rings. The Bertz CT molecular complexity index is 1380. The first-order valence-corrected chi connectivity index (χ1v) is 12.1. The number of carbonyl (C=O) groups is 1. The number of aliphatic hydroxyl groups excluding tert-OH is 1. The second-order valence-corrected chi connectivity index (χ2v) is 9.79. The summed E-state index contributed by atoms with van der Waals surface area (Å²) in [4.78, 5) is 15.1. The highest BCUT2D eigenvalue weighted by Gasteiger charge is 2.78. The molecule has 0 radical (unpaired) electrons. The van der Waals surface area contributed by atoms with Gasteiger partial charge in [-0.05, 0) is 17.7 Å². The van der Waals surface area contributed by atoms with Crippen molar-refractivity contribution in [2.24, 2.45) is 5.92 Å². The molecule has 1 heterocycles. The van der Waals surface area contributed by atoms with Crippen LogP contribution in [0, 0.1) is 5.92 Å². The summed E-state index contributed by atoms with van der Waals surface area (Å²) in [6.07, 6.45) is -1.62. The van der Waals surface area contributed by atoms with Crippen molar-refractivity contribution < 1.29 is 39.1 Å². The number of carbonyl (C=O) groups excluding carboxylic acids is 1. The van der Waals surface area contributed by atoms with Crippen LogP contribution in [0.1, 0.15) is 22.6 Å². The lowest BCUT2D eigenvalue weighted by molar-refractivity contribution is -0.156. The molecule has 1 saturated carbocycles. The van der Waals surface area contributed by atoms with Gasteiger partial charge in [-0.25, -0.2) is 0 Å². The van der Waals surface area contributed by atoms with Crippen molar-refractivity contribution in [3.05, 3.63) is 77.4 Å². The highest BCUT2D eigenvalue weighted by atomic mass is 16.5. The topological polar surface area (TPSA) is 118 Å². The van der Waals surface area contributed by atoms with E-state index in [-0.39, 0.29) is 34.5 Å². The van der Waals surface area contributed by atoms with E-state index in [0.29, 0.717) is 16.9 Å². The van der Waals surface area contributed by atoms with E-state index in [1.54, 1.807) is 38.4 Å². The summed E-state index contributed by atoms with van der Waals surface area (Å²) in [6.45, 7) is 0. The lowest BCUT2D eigenvalue weighted by Crippen LogP contribution is -2.52. The van der Waals surface area contributed by atoms with Crippen LogP contribution in [0.5, 0.6) is 28.7 Å². The van der Waals surface area contributed by atoms with Crippen molar-refractivity contribution in [1.29, 1.82) is 0 Å². The van der Waals surface area contributed by atoms with Crippen molar-refractivity contribution in [3.8, 4) is 28.7 Å². The first kappa shape index (κ1) is 25.7.